The zero-order valence-corrected chi connectivity index (χ0v) is 16.6. The standard InChI is InChI=1S/C22H36ClNO/c1-2-3-4-5-6-7-8-9-10-11-12-13-14-15-16-17-18-19-20-21(23)22(24)25/h6-7,9-10,12-13,15-16,21H,2-5,8,11,14,17-20H2,1H3,(H2,24,25)/b7-6-,10-9-,13-12-,16-15-. The highest BCUT2D eigenvalue weighted by atomic mass is 35.5. The molecule has 25 heavy (non-hydrogen) atoms. The summed E-state index contributed by atoms with van der Waals surface area (Å²) >= 11 is 5.78. The zero-order chi connectivity index (χ0) is 18.6. The van der Waals surface area contributed by atoms with E-state index in [-0.39, 0.29) is 0 Å². The summed E-state index contributed by atoms with van der Waals surface area (Å²) in [6.07, 6.45) is 29.6. The number of hydrogen-bond acceptors (Lipinski definition) is 1. The van der Waals surface area contributed by atoms with Crippen molar-refractivity contribution < 1.29 is 4.79 Å². The molecule has 0 saturated carbocycles. The van der Waals surface area contributed by atoms with E-state index < -0.39 is 11.3 Å². The van der Waals surface area contributed by atoms with Crippen molar-refractivity contribution in [2.24, 2.45) is 5.73 Å². The molecule has 0 radical (unpaired) electrons. The van der Waals surface area contributed by atoms with E-state index in [1.807, 2.05) is 0 Å². The van der Waals surface area contributed by atoms with Crippen LogP contribution in [0.15, 0.2) is 48.6 Å². The number of amides is 1. The highest BCUT2D eigenvalue weighted by Gasteiger charge is 2.09. The molecule has 0 aliphatic heterocycles. The molecule has 0 saturated heterocycles. The lowest BCUT2D eigenvalue weighted by Crippen LogP contribution is -2.23. The van der Waals surface area contributed by atoms with Crippen LogP contribution >= 0.6 is 11.6 Å². The number of alkyl halides is 1. The smallest absolute Gasteiger partial charge is 0.235 e. The molecule has 0 spiro atoms. The van der Waals surface area contributed by atoms with Crippen LogP contribution in [-0.4, -0.2) is 11.3 Å². The normalized spacial score (nSPS) is 13.7. The van der Waals surface area contributed by atoms with Crippen LogP contribution in [0.1, 0.15) is 77.6 Å². The number of carbonyl (C=O) groups excluding carboxylic acids is 1. The monoisotopic (exact) mass is 365 g/mol. The van der Waals surface area contributed by atoms with E-state index in [2.05, 4.69) is 55.5 Å². The van der Waals surface area contributed by atoms with E-state index >= 15 is 0 Å². The van der Waals surface area contributed by atoms with Crippen LogP contribution in [0.3, 0.4) is 0 Å². The Morgan fingerprint density at radius 2 is 1.24 bits per heavy atom. The Labute approximate surface area is 159 Å². The van der Waals surface area contributed by atoms with Crippen molar-refractivity contribution in [2.45, 2.75) is 82.9 Å². The Hall–Kier alpha value is -1.28. The minimum Gasteiger partial charge on any atom is -0.368 e. The molecule has 2 nitrogen and oxygen atoms in total. The van der Waals surface area contributed by atoms with Gasteiger partial charge in [0.1, 0.15) is 5.38 Å². The maximum atomic E-state index is 10.8. The van der Waals surface area contributed by atoms with Gasteiger partial charge in [-0.3, -0.25) is 4.79 Å². The summed E-state index contributed by atoms with van der Waals surface area (Å²) in [5.74, 6) is -0.417. The lowest BCUT2D eigenvalue weighted by atomic mass is 10.1. The van der Waals surface area contributed by atoms with Crippen LogP contribution in [0.5, 0.6) is 0 Å². The minimum atomic E-state index is -0.517. The Balaban J connectivity index is 3.44. The highest BCUT2D eigenvalue weighted by molar-refractivity contribution is 6.30. The second kappa shape index (κ2) is 19.1. The molecule has 0 rings (SSSR count). The fourth-order valence-corrected chi connectivity index (χ4v) is 2.44. The average Bonchev–Trinajstić information content (AvgIpc) is 2.60. The molecule has 2 N–H and O–H groups in total. The second-order valence-electron chi connectivity index (χ2n) is 6.24. The van der Waals surface area contributed by atoms with E-state index in [0.717, 1.165) is 38.5 Å². The number of halogens is 1. The fourth-order valence-electron chi connectivity index (χ4n) is 2.29. The number of unbranched alkanes of at least 4 members (excludes halogenated alkanes) is 5. The summed E-state index contributed by atoms with van der Waals surface area (Å²) < 4.78 is 0. The lowest BCUT2D eigenvalue weighted by molar-refractivity contribution is -0.117. The molecule has 0 aromatic heterocycles. The van der Waals surface area contributed by atoms with Crippen molar-refractivity contribution in [1.82, 2.24) is 0 Å². The molecule has 3 heteroatoms. The summed E-state index contributed by atoms with van der Waals surface area (Å²) in [6.45, 7) is 2.24. The van der Waals surface area contributed by atoms with Crippen LogP contribution in [0.25, 0.3) is 0 Å². The van der Waals surface area contributed by atoms with Gasteiger partial charge in [0.05, 0.1) is 0 Å². The van der Waals surface area contributed by atoms with Gasteiger partial charge in [0.25, 0.3) is 0 Å². The largest absolute Gasteiger partial charge is 0.368 e. The first-order valence-electron chi connectivity index (χ1n) is 9.71. The molecule has 0 bridgehead atoms. The third kappa shape index (κ3) is 18.9. The van der Waals surface area contributed by atoms with Crippen LogP contribution < -0.4 is 5.73 Å². The maximum Gasteiger partial charge on any atom is 0.235 e. The van der Waals surface area contributed by atoms with Crippen molar-refractivity contribution in [3.63, 3.8) is 0 Å². The van der Waals surface area contributed by atoms with E-state index in [4.69, 9.17) is 17.3 Å². The minimum absolute atomic E-state index is 0.417. The molecule has 1 amide bonds. The molecule has 0 aliphatic carbocycles. The average molecular weight is 366 g/mol. The summed E-state index contributed by atoms with van der Waals surface area (Å²) in [7, 11) is 0. The quantitative estimate of drug-likeness (QED) is 0.186. The maximum absolute atomic E-state index is 10.8. The molecule has 1 atom stereocenters. The molecule has 1 unspecified atom stereocenters. The third-order valence-corrected chi connectivity index (χ3v) is 4.28. The molecule has 0 fully saturated rings. The van der Waals surface area contributed by atoms with Gasteiger partial charge in [-0.15, -0.1) is 11.6 Å². The van der Waals surface area contributed by atoms with Gasteiger partial charge in [0.2, 0.25) is 5.91 Å². The number of allylic oxidation sites excluding steroid dienone is 8. The Morgan fingerprint density at radius 3 is 1.68 bits per heavy atom. The van der Waals surface area contributed by atoms with E-state index in [0.29, 0.717) is 6.42 Å². The summed E-state index contributed by atoms with van der Waals surface area (Å²) in [6, 6.07) is 0. The number of rotatable bonds is 16. The van der Waals surface area contributed by atoms with Crippen molar-refractivity contribution in [3.8, 4) is 0 Å². The molecular formula is C22H36ClNO. The van der Waals surface area contributed by atoms with Crippen LogP contribution in [0.2, 0.25) is 0 Å². The van der Waals surface area contributed by atoms with Gasteiger partial charge in [-0.05, 0) is 51.4 Å². The van der Waals surface area contributed by atoms with E-state index in [1.54, 1.807) is 0 Å². The van der Waals surface area contributed by atoms with E-state index in [1.165, 1.54) is 25.7 Å². The Morgan fingerprint density at radius 1 is 0.800 bits per heavy atom. The first-order chi connectivity index (χ1) is 12.2. The van der Waals surface area contributed by atoms with Gasteiger partial charge >= 0.3 is 0 Å². The second-order valence-corrected chi connectivity index (χ2v) is 6.77. The van der Waals surface area contributed by atoms with Crippen LogP contribution in [0, 0.1) is 0 Å². The first kappa shape index (κ1) is 23.7. The topological polar surface area (TPSA) is 43.1 Å². The van der Waals surface area contributed by atoms with Crippen molar-refractivity contribution >= 4 is 17.5 Å². The predicted octanol–water partition coefficient (Wildman–Crippen LogP) is 6.61. The molecule has 0 aromatic carbocycles. The third-order valence-electron chi connectivity index (χ3n) is 3.84. The van der Waals surface area contributed by atoms with Gasteiger partial charge in [-0.1, -0.05) is 74.8 Å². The van der Waals surface area contributed by atoms with Crippen molar-refractivity contribution in [1.29, 1.82) is 0 Å². The number of carbonyl (C=O) groups is 1. The van der Waals surface area contributed by atoms with Crippen molar-refractivity contribution in [3.05, 3.63) is 48.6 Å². The van der Waals surface area contributed by atoms with Gasteiger partial charge < -0.3 is 5.73 Å². The Bertz CT molecular complexity index is 424. The molecule has 0 aliphatic rings. The zero-order valence-electron chi connectivity index (χ0n) is 15.8. The predicted molar refractivity (Wildman–Crippen MR) is 112 cm³/mol. The molecular weight excluding hydrogens is 330 g/mol. The van der Waals surface area contributed by atoms with Gasteiger partial charge in [-0.2, -0.15) is 0 Å². The molecule has 142 valence electrons. The van der Waals surface area contributed by atoms with Crippen LogP contribution in [0.4, 0.5) is 0 Å². The van der Waals surface area contributed by atoms with Gasteiger partial charge in [-0.25, -0.2) is 0 Å². The van der Waals surface area contributed by atoms with Gasteiger partial charge in [0, 0.05) is 0 Å². The molecule has 0 heterocycles. The number of primary amides is 1. The summed E-state index contributed by atoms with van der Waals surface area (Å²) in [5.41, 5.74) is 5.11. The summed E-state index contributed by atoms with van der Waals surface area (Å²) in [4.78, 5) is 10.8. The molecule has 0 aromatic rings. The van der Waals surface area contributed by atoms with E-state index in [9.17, 15) is 4.79 Å². The SMILES string of the molecule is CCCCC/C=C\C/C=C\C/C=C\C/C=C\CCCCC(Cl)C(N)=O. The first-order valence-corrected chi connectivity index (χ1v) is 10.2. The lowest BCUT2D eigenvalue weighted by Gasteiger charge is -2.02. The number of hydrogen-bond donors (Lipinski definition) is 1. The number of nitrogens with two attached hydrogens (primary N) is 1. The van der Waals surface area contributed by atoms with Crippen LogP contribution in [-0.2, 0) is 4.79 Å². The Kier molecular flexibility index (Phi) is 18.1. The highest BCUT2D eigenvalue weighted by Crippen LogP contribution is 2.09. The fraction of sp³-hybridized carbons (Fsp3) is 0.591. The van der Waals surface area contributed by atoms with Crippen molar-refractivity contribution in [2.75, 3.05) is 0 Å². The van der Waals surface area contributed by atoms with Gasteiger partial charge in [0.15, 0.2) is 0 Å². The summed E-state index contributed by atoms with van der Waals surface area (Å²) in [5, 5.41) is -0.517.